The van der Waals surface area contributed by atoms with Crippen molar-refractivity contribution in [1.82, 2.24) is 4.90 Å². The van der Waals surface area contributed by atoms with Gasteiger partial charge in [-0.2, -0.15) is 0 Å². The molecule has 1 aliphatic rings. The molecular weight excluding hydrogens is 707 g/mol. The first-order valence-electron chi connectivity index (χ1n) is 9.67. The van der Waals surface area contributed by atoms with E-state index in [2.05, 4.69) is 45.2 Å². The predicted octanol–water partition coefficient (Wildman–Crippen LogP) is 8.02. The van der Waals surface area contributed by atoms with Gasteiger partial charge in [-0.05, 0) is 98.4 Å². The maximum absolute atomic E-state index is 12.9. The van der Waals surface area contributed by atoms with E-state index in [1.54, 1.807) is 24.3 Å². The molecule has 0 radical (unpaired) electrons. The molecule has 0 bridgehead atoms. The molecule has 0 N–H and O–H groups in total. The Hall–Kier alpha value is -1.27. The van der Waals surface area contributed by atoms with Gasteiger partial charge in [0.25, 0.3) is 11.1 Å². The number of halogens is 4. The minimum Gasteiger partial charge on any atom is -0.487 e. The monoisotopic (exact) mass is 721 g/mol. The minimum absolute atomic E-state index is 0.0296. The fourth-order valence-corrected chi connectivity index (χ4v) is 6.64. The maximum atomic E-state index is 12.9. The lowest BCUT2D eigenvalue weighted by atomic mass is 10.2. The molecule has 168 valence electrons. The van der Waals surface area contributed by atoms with E-state index in [0.717, 1.165) is 40.7 Å². The zero-order chi connectivity index (χ0) is 23.5. The number of hydrogen-bond donors (Lipinski definition) is 0. The first kappa shape index (κ1) is 24.8. The molecule has 1 aliphatic heterocycles. The Labute approximate surface area is 232 Å². The number of carbonyl (C=O) groups is 2. The molecular formula is C24H15Cl2I2NO3S. The van der Waals surface area contributed by atoms with Gasteiger partial charge < -0.3 is 4.74 Å². The number of thioether (sulfide) groups is 1. The highest BCUT2D eigenvalue weighted by atomic mass is 127. The quantitative estimate of drug-likeness (QED) is 0.191. The maximum Gasteiger partial charge on any atom is 0.293 e. The molecule has 3 aromatic rings. The van der Waals surface area contributed by atoms with Crippen LogP contribution in [0.4, 0.5) is 4.79 Å². The van der Waals surface area contributed by atoms with Crippen LogP contribution < -0.4 is 4.74 Å². The second-order valence-electron chi connectivity index (χ2n) is 7.06. The second-order valence-corrected chi connectivity index (χ2v) is 11.2. The molecule has 1 fully saturated rings. The van der Waals surface area contributed by atoms with Crippen molar-refractivity contribution in [2.75, 3.05) is 0 Å². The minimum atomic E-state index is -0.365. The number of benzene rings is 3. The predicted molar refractivity (Wildman–Crippen MR) is 151 cm³/mol. The molecule has 33 heavy (non-hydrogen) atoms. The van der Waals surface area contributed by atoms with Gasteiger partial charge >= 0.3 is 0 Å². The van der Waals surface area contributed by atoms with Crippen LogP contribution in [0.3, 0.4) is 0 Å². The van der Waals surface area contributed by atoms with Gasteiger partial charge in [0.05, 0.1) is 18.6 Å². The van der Waals surface area contributed by atoms with Gasteiger partial charge in [0.15, 0.2) is 0 Å². The molecule has 0 unspecified atom stereocenters. The largest absolute Gasteiger partial charge is 0.487 e. The highest BCUT2D eigenvalue weighted by Crippen LogP contribution is 2.37. The average Bonchev–Trinajstić information content (AvgIpc) is 3.03. The van der Waals surface area contributed by atoms with Gasteiger partial charge in [-0.15, -0.1) is 0 Å². The van der Waals surface area contributed by atoms with E-state index in [0.29, 0.717) is 27.1 Å². The molecule has 0 spiro atoms. The van der Waals surface area contributed by atoms with Gasteiger partial charge in [-0.25, -0.2) is 0 Å². The Morgan fingerprint density at radius 2 is 1.58 bits per heavy atom. The lowest BCUT2D eigenvalue weighted by Gasteiger charge is -2.14. The third-order valence-electron chi connectivity index (χ3n) is 4.80. The summed E-state index contributed by atoms with van der Waals surface area (Å²) in [5.74, 6) is 0.425. The molecule has 1 saturated heterocycles. The summed E-state index contributed by atoms with van der Waals surface area (Å²) < 4.78 is 7.87. The Morgan fingerprint density at radius 1 is 0.939 bits per heavy atom. The topological polar surface area (TPSA) is 46.6 Å². The molecule has 2 amide bonds. The zero-order valence-electron chi connectivity index (χ0n) is 16.9. The van der Waals surface area contributed by atoms with Gasteiger partial charge in [-0.1, -0.05) is 59.6 Å². The van der Waals surface area contributed by atoms with E-state index in [9.17, 15) is 9.59 Å². The van der Waals surface area contributed by atoms with Crippen LogP contribution in [-0.2, 0) is 17.9 Å². The number of hydrogen-bond acceptors (Lipinski definition) is 4. The highest BCUT2D eigenvalue weighted by molar-refractivity contribution is 14.1. The number of ether oxygens (including phenoxy) is 1. The summed E-state index contributed by atoms with van der Waals surface area (Å²) in [6.45, 7) is 0.498. The Balaban J connectivity index is 1.52. The van der Waals surface area contributed by atoms with Crippen LogP contribution in [0.5, 0.6) is 5.75 Å². The molecule has 4 nitrogen and oxygen atoms in total. The van der Waals surface area contributed by atoms with Crippen LogP contribution in [0.25, 0.3) is 6.08 Å². The first-order chi connectivity index (χ1) is 15.8. The van der Waals surface area contributed by atoms with Crippen LogP contribution in [0.2, 0.25) is 10.0 Å². The third kappa shape index (κ3) is 5.87. The molecule has 9 heteroatoms. The lowest BCUT2D eigenvalue weighted by molar-refractivity contribution is -0.123. The normalized spacial score (nSPS) is 14.9. The summed E-state index contributed by atoms with van der Waals surface area (Å²) in [6.07, 6.45) is 1.73. The van der Waals surface area contributed by atoms with Crippen molar-refractivity contribution in [3.05, 3.63) is 99.4 Å². The number of carbonyl (C=O) groups excluding carboxylic acids is 2. The lowest BCUT2D eigenvalue weighted by Crippen LogP contribution is -2.27. The fourth-order valence-electron chi connectivity index (χ4n) is 3.16. The standard InChI is InChI=1S/C24H15Cl2I2NO3S/c25-17-7-4-8-18(26)16(17)12-29-23(30)21(33-24(29)31)11-15-9-19(27)22(20(28)10-15)32-13-14-5-2-1-3-6-14/h1-11H,12-13H2/b21-11-. The summed E-state index contributed by atoms with van der Waals surface area (Å²) in [6, 6.07) is 18.9. The van der Waals surface area contributed by atoms with Crippen LogP contribution in [0.15, 0.2) is 65.6 Å². The van der Waals surface area contributed by atoms with Crippen LogP contribution in [-0.4, -0.2) is 16.0 Å². The van der Waals surface area contributed by atoms with E-state index in [1.807, 2.05) is 42.5 Å². The third-order valence-corrected chi connectivity index (χ3v) is 8.01. The summed E-state index contributed by atoms with van der Waals surface area (Å²) in [5, 5.41) is 0.482. The zero-order valence-corrected chi connectivity index (χ0v) is 23.5. The smallest absolute Gasteiger partial charge is 0.293 e. The molecule has 0 atom stereocenters. The van der Waals surface area contributed by atoms with E-state index in [-0.39, 0.29) is 17.7 Å². The van der Waals surface area contributed by atoms with Crippen LogP contribution in [0.1, 0.15) is 16.7 Å². The van der Waals surface area contributed by atoms with E-state index in [1.165, 1.54) is 0 Å². The molecule has 0 aliphatic carbocycles. The molecule has 0 saturated carbocycles. The molecule has 0 aromatic heterocycles. The Kier molecular flexibility index (Phi) is 8.27. The number of rotatable bonds is 6. The van der Waals surface area contributed by atoms with Crippen molar-refractivity contribution < 1.29 is 14.3 Å². The second kappa shape index (κ2) is 11.0. The van der Waals surface area contributed by atoms with Crippen molar-refractivity contribution in [2.24, 2.45) is 0 Å². The van der Waals surface area contributed by atoms with Gasteiger partial charge in [0, 0.05) is 15.6 Å². The van der Waals surface area contributed by atoms with E-state index < -0.39 is 0 Å². The van der Waals surface area contributed by atoms with Crippen LogP contribution >= 0.6 is 80.1 Å². The van der Waals surface area contributed by atoms with E-state index >= 15 is 0 Å². The SMILES string of the molecule is O=C1S/C(=C\c2cc(I)c(OCc3ccccc3)c(I)c2)C(=O)N1Cc1c(Cl)cccc1Cl. The molecule has 4 rings (SSSR count). The molecule has 3 aromatic carbocycles. The summed E-state index contributed by atoms with van der Waals surface area (Å²) in [7, 11) is 0. The Morgan fingerprint density at radius 3 is 2.21 bits per heavy atom. The summed E-state index contributed by atoms with van der Waals surface area (Å²) in [5.41, 5.74) is 2.45. The molecule has 1 heterocycles. The van der Waals surface area contributed by atoms with Crippen molar-refractivity contribution in [3.63, 3.8) is 0 Å². The van der Waals surface area contributed by atoms with E-state index in [4.69, 9.17) is 27.9 Å². The summed E-state index contributed by atoms with van der Waals surface area (Å²) in [4.78, 5) is 27.0. The number of imide groups is 1. The number of amides is 2. The fraction of sp³-hybridized carbons (Fsp3) is 0.0833. The van der Waals surface area contributed by atoms with Gasteiger partial charge in [-0.3, -0.25) is 14.5 Å². The van der Waals surface area contributed by atoms with Crippen molar-refractivity contribution in [3.8, 4) is 5.75 Å². The van der Waals surface area contributed by atoms with Crippen molar-refractivity contribution in [2.45, 2.75) is 13.2 Å². The van der Waals surface area contributed by atoms with Gasteiger partial charge in [0.2, 0.25) is 0 Å². The van der Waals surface area contributed by atoms with Crippen molar-refractivity contribution in [1.29, 1.82) is 0 Å². The summed E-state index contributed by atoms with van der Waals surface area (Å²) >= 11 is 17.8. The Bertz CT molecular complexity index is 1220. The highest BCUT2D eigenvalue weighted by Gasteiger charge is 2.35. The number of nitrogens with zero attached hydrogens (tertiary/aromatic N) is 1. The first-order valence-corrected chi connectivity index (χ1v) is 13.4. The average molecular weight is 722 g/mol. The van der Waals surface area contributed by atoms with Crippen molar-refractivity contribution >= 4 is 97.4 Å². The van der Waals surface area contributed by atoms with Gasteiger partial charge in [0.1, 0.15) is 12.4 Å². The van der Waals surface area contributed by atoms with Crippen LogP contribution in [0, 0.1) is 7.14 Å².